The molecule has 0 heterocycles. The summed E-state index contributed by atoms with van der Waals surface area (Å²) < 4.78 is -3.00. The van der Waals surface area contributed by atoms with Gasteiger partial charge in [-0.2, -0.15) is 0 Å². The van der Waals surface area contributed by atoms with Crippen LogP contribution in [0.4, 0.5) is 0 Å². The minimum Gasteiger partial charge on any atom is -0.481 e. The number of rotatable bonds is 1. The van der Waals surface area contributed by atoms with Gasteiger partial charge in [-0.15, -0.1) is 0 Å². The Hall–Kier alpha value is 2.95. The van der Waals surface area contributed by atoms with Crippen molar-refractivity contribution in [1.82, 2.24) is 0 Å². The highest BCUT2D eigenvalue weighted by molar-refractivity contribution is 6.64. The molecular formula is C7H10Cl12O2. The Labute approximate surface area is 184 Å². The second-order valence-electron chi connectivity index (χ2n) is 1.74. The first-order chi connectivity index (χ1) is 9.20. The van der Waals surface area contributed by atoms with Crippen molar-refractivity contribution in [2.24, 2.45) is 0 Å². The van der Waals surface area contributed by atoms with Gasteiger partial charge in [0, 0.05) is 6.42 Å². The van der Waals surface area contributed by atoms with Crippen LogP contribution in [0.3, 0.4) is 0 Å². The number of carboxylic acid groups (broad SMARTS) is 1. The number of carbonyl (C=O) groups is 1. The summed E-state index contributed by atoms with van der Waals surface area (Å²) in [6.07, 6.45) is 0.222. The maximum atomic E-state index is 9.37. The SMILES string of the molecule is CCC(=O)O.ClC(Cl)Cl.ClC(Cl)Cl.ClC(Cl)Cl.ClC(Cl)Cl. The standard InChI is InChI=1S/C3H6O2.4CHCl3/c1-2-3(4)5;4*2-1(3)4/h2H2,1H3,(H,4,5);4*1H. The zero-order valence-corrected chi connectivity index (χ0v) is 19.0. The fourth-order valence-electron chi connectivity index (χ4n) is 0. The molecule has 0 aromatic rings. The largest absolute Gasteiger partial charge is 0.481 e. The van der Waals surface area contributed by atoms with E-state index in [-0.39, 0.29) is 6.42 Å². The molecule has 0 unspecified atom stereocenters. The lowest BCUT2D eigenvalue weighted by Crippen LogP contribution is -1.86. The van der Waals surface area contributed by atoms with Crippen LogP contribution in [0.25, 0.3) is 0 Å². The molecule has 0 rings (SSSR count). The van der Waals surface area contributed by atoms with Gasteiger partial charge >= 0.3 is 5.97 Å². The van der Waals surface area contributed by atoms with E-state index >= 15 is 0 Å². The van der Waals surface area contributed by atoms with Crippen molar-refractivity contribution in [2.45, 2.75) is 30.5 Å². The maximum Gasteiger partial charge on any atom is 0.303 e. The lowest BCUT2D eigenvalue weighted by Gasteiger charge is -1.71. The third kappa shape index (κ3) is 411. The molecule has 0 saturated heterocycles. The smallest absolute Gasteiger partial charge is 0.303 e. The molecule has 2 nitrogen and oxygen atoms in total. The molecule has 0 radical (unpaired) electrons. The predicted octanol–water partition coefficient (Wildman–Crippen LogP) is 8.43. The molecule has 0 spiro atoms. The first-order valence-electron chi connectivity index (χ1n) is 4.11. The molecule has 0 aromatic heterocycles. The topological polar surface area (TPSA) is 37.3 Å². The summed E-state index contributed by atoms with van der Waals surface area (Å²) in [5.41, 5.74) is 0. The molecule has 134 valence electrons. The molecule has 0 fully saturated rings. The third-order valence-electron chi connectivity index (χ3n) is 0.302. The Balaban J connectivity index is -0.0000000510. The number of halogens is 12. The lowest BCUT2D eigenvalue weighted by molar-refractivity contribution is -0.136. The Kier molecular flexibility index (Phi) is 51.5. The zero-order chi connectivity index (χ0) is 18.6. The molecule has 0 aromatic carbocycles. The van der Waals surface area contributed by atoms with E-state index in [4.69, 9.17) is 144 Å². The van der Waals surface area contributed by atoms with Gasteiger partial charge in [0.25, 0.3) is 0 Å². The molecular weight excluding hydrogens is 542 g/mol. The highest BCUT2D eigenvalue weighted by Gasteiger charge is 1.81. The monoisotopic (exact) mass is 546 g/mol. The Morgan fingerprint density at radius 1 is 0.667 bits per heavy atom. The van der Waals surface area contributed by atoms with Crippen LogP contribution in [-0.4, -0.2) is 28.3 Å². The summed E-state index contributed by atoms with van der Waals surface area (Å²) in [7, 11) is 0. The van der Waals surface area contributed by atoms with Gasteiger partial charge < -0.3 is 5.11 Å². The normalized spacial score (nSPS) is 8.62. The molecule has 0 aliphatic rings. The van der Waals surface area contributed by atoms with Crippen LogP contribution < -0.4 is 0 Å². The van der Waals surface area contributed by atoms with Crippen molar-refractivity contribution in [3.63, 3.8) is 0 Å². The van der Waals surface area contributed by atoms with Crippen LogP contribution in [0.5, 0.6) is 0 Å². The number of alkyl halides is 12. The Morgan fingerprint density at radius 3 is 0.714 bits per heavy atom. The number of hydrogen-bond donors (Lipinski definition) is 1. The van der Waals surface area contributed by atoms with Crippen LogP contribution >= 0.6 is 139 Å². The van der Waals surface area contributed by atoms with E-state index in [0.29, 0.717) is 0 Å². The second-order valence-corrected chi connectivity index (χ2v) is 9.65. The van der Waals surface area contributed by atoms with Crippen LogP contribution in [0.15, 0.2) is 0 Å². The molecule has 0 atom stereocenters. The summed E-state index contributed by atoms with van der Waals surface area (Å²) >= 11 is 57.7. The number of hydrogen-bond acceptors (Lipinski definition) is 1. The molecule has 0 bridgehead atoms. The van der Waals surface area contributed by atoms with Gasteiger partial charge in [-0.1, -0.05) is 146 Å². The minimum absolute atomic E-state index is 0.222. The molecule has 1 N–H and O–H groups in total. The van der Waals surface area contributed by atoms with E-state index in [1.54, 1.807) is 6.92 Å². The number of aliphatic carboxylic acids is 1. The molecule has 21 heavy (non-hydrogen) atoms. The second kappa shape index (κ2) is 30.8. The van der Waals surface area contributed by atoms with Crippen LogP contribution in [0, 0.1) is 0 Å². The lowest BCUT2D eigenvalue weighted by atomic mass is 10.5. The molecule has 0 saturated carbocycles. The van der Waals surface area contributed by atoms with E-state index in [1.165, 1.54) is 0 Å². The van der Waals surface area contributed by atoms with Crippen molar-refractivity contribution in [1.29, 1.82) is 0 Å². The first kappa shape index (κ1) is 35.1. The van der Waals surface area contributed by atoms with Crippen LogP contribution in [0.2, 0.25) is 0 Å². The van der Waals surface area contributed by atoms with Gasteiger partial charge in [-0.3, -0.25) is 4.79 Å². The van der Waals surface area contributed by atoms with Crippen molar-refractivity contribution in [2.75, 3.05) is 0 Å². The van der Waals surface area contributed by atoms with Crippen LogP contribution in [-0.2, 0) is 4.79 Å². The molecule has 0 aliphatic heterocycles. The highest BCUT2D eigenvalue weighted by atomic mass is 35.6. The van der Waals surface area contributed by atoms with Gasteiger partial charge in [0.1, 0.15) is 0 Å². The summed E-state index contributed by atoms with van der Waals surface area (Å²) in [6, 6.07) is 0. The van der Waals surface area contributed by atoms with E-state index in [9.17, 15) is 4.79 Å². The van der Waals surface area contributed by atoms with E-state index in [0.717, 1.165) is 0 Å². The Morgan fingerprint density at radius 2 is 0.714 bits per heavy atom. The van der Waals surface area contributed by atoms with Crippen molar-refractivity contribution < 1.29 is 9.90 Å². The highest BCUT2D eigenvalue weighted by Crippen LogP contribution is 2.04. The van der Waals surface area contributed by atoms with Gasteiger partial charge in [0.2, 0.25) is 0 Å². The quantitative estimate of drug-likeness (QED) is 0.332. The minimum atomic E-state index is -0.750. The molecule has 0 aliphatic carbocycles. The van der Waals surface area contributed by atoms with Crippen molar-refractivity contribution in [3.05, 3.63) is 0 Å². The molecule has 0 amide bonds. The van der Waals surface area contributed by atoms with Gasteiger partial charge in [0.15, 0.2) is 17.2 Å². The fourth-order valence-corrected chi connectivity index (χ4v) is 0. The third-order valence-corrected chi connectivity index (χ3v) is 0.302. The molecule has 14 heteroatoms. The predicted molar refractivity (Wildman–Crippen MR) is 103 cm³/mol. The van der Waals surface area contributed by atoms with E-state index < -0.39 is 23.2 Å². The number of carboxylic acids is 1. The maximum absolute atomic E-state index is 9.37. The Bertz CT molecular complexity index is 142. The van der Waals surface area contributed by atoms with E-state index in [2.05, 4.69) is 0 Å². The van der Waals surface area contributed by atoms with E-state index in [1.807, 2.05) is 0 Å². The summed E-state index contributed by atoms with van der Waals surface area (Å²) in [5, 5.41) is 7.72. The van der Waals surface area contributed by atoms with Crippen molar-refractivity contribution >= 4 is 145 Å². The van der Waals surface area contributed by atoms with Gasteiger partial charge in [-0.05, 0) is 0 Å². The zero-order valence-electron chi connectivity index (χ0n) is 9.91. The van der Waals surface area contributed by atoms with Gasteiger partial charge in [0.05, 0.1) is 0 Å². The summed E-state index contributed by atoms with van der Waals surface area (Å²) in [6.45, 7) is 1.60. The van der Waals surface area contributed by atoms with Crippen LogP contribution in [0.1, 0.15) is 13.3 Å². The van der Waals surface area contributed by atoms with Crippen molar-refractivity contribution in [3.8, 4) is 0 Å². The average Bonchev–Trinajstić information content (AvgIpc) is 2.13. The average molecular weight is 552 g/mol. The first-order valence-corrected chi connectivity index (χ1v) is 9.34. The summed E-state index contributed by atoms with van der Waals surface area (Å²) in [4.78, 5) is 9.37. The van der Waals surface area contributed by atoms with Gasteiger partial charge in [-0.25, -0.2) is 0 Å². The summed E-state index contributed by atoms with van der Waals surface area (Å²) in [5.74, 6) is -0.745. The fraction of sp³-hybridized carbons (Fsp3) is 0.857.